The molecule has 1 atom stereocenters. The number of rotatable bonds is 4. The van der Waals surface area contributed by atoms with Gasteiger partial charge in [-0.3, -0.25) is 9.59 Å². The first-order valence-corrected chi connectivity index (χ1v) is 8.34. The summed E-state index contributed by atoms with van der Waals surface area (Å²) in [5.41, 5.74) is 0.767. The van der Waals surface area contributed by atoms with Crippen molar-refractivity contribution in [1.82, 2.24) is 0 Å². The average Bonchev–Trinajstić information content (AvgIpc) is 2.82. The number of thioether (sulfide) groups is 1. The Hall–Kier alpha value is -2.34. The zero-order chi connectivity index (χ0) is 16.4. The highest BCUT2D eigenvalue weighted by atomic mass is 32.2. The van der Waals surface area contributed by atoms with Crippen LogP contribution in [0.1, 0.15) is 6.42 Å². The molecule has 0 aliphatic carbocycles. The molecule has 0 saturated carbocycles. The Morgan fingerprint density at radius 3 is 2.70 bits per heavy atom. The van der Waals surface area contributed by atoms with Gasteiger partial charge in [-0.05, 0) is 36.6 Å². The van der Waals surface area contributed by atoms with E-state index in [2.05, 4.69) is 5.32 Å². The zero-order valence-electron chi connectivity index (χ0n) is 12.5. The third-order valence-corrected chi connectivity index (χ3v) is 4.38. The molecule has 1 saturated heterocycles. The van der Waals surface area contributed by atoms with Gasteiger partial charge in [0.15, 0.2) is 0 Å². The first kappa shape index (κ1) is 15.6. The Morgan fingerprint density at radius 1 is 1.17 bits per heavy atom. The summed E-state index contributed by atoms with van der Waals surface area (Å²) in [4.78, 5) is 26.6. The number of amides is 2. The zero-order valence-corrected chi connectivity index (χ0v) is 13.3. The van der Waals surface area contributed by atoms with Crippen LogP contribution in [-0.4, -0.2) is 24.1 Å². The molecular weight excluding hydrogens is 315 g/mol. The molecule has 1 fully saturated rings. The summed E-state index contributed by atoms with van der Waals surface area (Å²) < 4.78 is 13.9. The van der Waals surface area contributed by atoms with E-state index in [0.29, 0.717) is 0 Å². The maximum absolute atomic E-state index is 13.9. The van der Waals surface area contributed by atoms with Crippen LogP contribution in [-0.2, 0) is 9.59 Å². The number of anilines is 2. The van der Waals surface area contributed by atoms with Crippen molar-refractivity contribution in [1.29, 1.82) is 0 Å². The van der Waals surface area contributed by atoms with E-state index in [1.165, 1.54) is 18.2 Å². The lowest BCUT2D eigenvalue weighted by molar-refractivity contribution is -0.121. The Bertz CT molecular complexity index is 766. The normalized spacial score (nSPS) is 17.7. The van der Waals surface area contributed by atoms with Gasteiger partial charge in [-0.2, -0.15) is 0 Å². The van der Waals surface area contributed by atoms with E-state index in [-0.39, 0.29) is 12.1 Å². The minimum absolute atomic E-state index is 0.00432. The molecule has 2 aromatic rings. The fraction of sp³-hybridized carbons (Fsp3) is 0.176. The molecule has 0 radical (unpaired) electrons. The number of halogens is 1. The maximum atomic E-state index is 13.9. The molecule has 0 unspecified atom stereocenters. The smallest absolute Gasteiger partial charge is 0.256 e. The third-order valence-electron chi connectivity index (χ3n) is 3.65. The van der Waals surface area contributed by atoms with E-state index in [9.17, 15) is 14.0 Å². The number of hydrogen-bond acceptors (Lipinski definition) is 4. The molecule has 1 aliphatic rings. The number of benzene rings is 2. The lowest BCUT2D eigenvalue weighted by Crippen LogP contribution is -2.35. The first-order chi connectivity index (χ1) is 11.1. The summed E-state index contributed by atoms with van der Waals surface area (Å²) in [6, 6.07) is 12.7. The van der Waals surface area contributed by atoms with Crippen LogP contribution in [0, 0.1) is 5.82 Å². The van der Waals surface area contributed by atoms with Crippen LogP contribution in [0.4, 0.5) is 15.8 Å². The topological polar surface area (TPSA) is 49.4 Å². The van der Waals surface area contributed by atoms with Gasteiger partial charge in [-0.1, -0.05) is 18.2 Å². The van der Waals surface area contributed by atoms with Crippen LogP contribution in [0.2, 0.25) is 0 Å². The monoisotopic (exact) mass is 330 g/mol. The largest absolute Gasteiger partial charge is 0.373 e. The van der Waals surface area contributed by atoms with Crippen LogP contribution < -0.4 is 10.2 Å². The van der Waals surface area contributed by atoms with Crippen LogP contribution >= 0.6 is 11.8 Å². The minimum atomic E-state index is -0.681. The van der Waals surface area contributed by atoms with Crippen molar-refractivity contribution in [2.75, 3.05) is 16.5 Å². The number of carbonyl (C=O) groups is 2. The van der Waals surface area contributed by atoms with E-state index in [4.69, 9.17) is 0 Å². The third kappa shape index (κ3) is 3.07. The van der Waals surface area contributed by atoms with Crippen molar-refractivity contribution in [2.24, 2.45) is 0 Å². The molecule has 2 aromatic carbocycles. The van der Waals surface area contributed by atoms with Crippen molar-refractivity contribution >= 4 is 35.0 Å². The van der Waals surface area contributed by atoms with E-state index in [1.54, 1.807) is 17.8 Å². The van der Waals surface area contributed by atoms with E-state index >= 15 is 0 Å². The second-order valence-corrected chi connectivity index (χ2v) is 6.03. The summed E-state index contributed by atoms with van der Waals surface area (Å²) >= 11 is 1.59. The highest BCUT2D eigenvalue weighted by molar-refractivity contribution is 7.98. The van der Waals surface area contributed by atoms with Gasteiger partial charge in [0.2, 0.25) is 5.91 Å². The fourth-order valence-electron chi connectivity index (χ4n) is 2.54. The Kier molecular flexibility index (Phi) is 4.34. The van der Waals surface area contributed by atoms with E-state index < -0.39 is 23.7 Å². The highest BCUT2D eigenvalue weighted by Crippen LogP contribution is 2.27. The molecule has 4 nitrogen and oxygen atoms in total. The van der Waals surface area contributed by atoms with Gasteiger partial charge in [0.25, 0.3) is 5.91 Å². The molecule has 0 aromatic heterocycles. The van der Waals surface area contributed by atoms with Crippen molar-refractivity contribution in [3.05, 3.63) is 54.3 Å². The second-order valence-electron chi connectivity index (χ2n) is 5.15. The Morgan fingerprint density at radius 2 is 1.96 bits per heavy atom. The van der Waals surface area contributed by atoms with Crippen molar-refractivity contribution in [3.63, 3.8) is 0 Å². The van der Waals surface area contributed by atoms with Crippen LogP contribution in [0.5, 0.6) is 0 Å². The highest BCUT2D eigenvalue weighted by Gasteiger charge is 2.40. The van der Waals surface area contributed by atoms with Gasteiger partial charge in [-0.25, -0.2) is 9.29 Å². The van der Waals surface area contributed by atoms with Crippen molar-refractivity contribution in [2.45, 2.75) is 17.4 Å². The quantitative estimate of drug-likeness (QED) is 0.690. The van der Waals surface area contributed by atoms with Crippen molar-refractivity contribution in [3.8, 4) is 0 Å². The van der Waals surface area contributed by atoms with E-state index in [0.717, 1.165) is 15.5 Å². The number of nitrogens with one attached hydrogen (secondary N) is 1. The Labute approximate surface area is 137 Å². The molecule has 6 heteroatoms. The molecule has 1 aliphatic heterocycles. The van der Waals surface area contributed by atoms with Gasteiger partial charge < -0.3 is 5.32 Å². The van der Waals surface area contributed by atoms with Crippen molar-refractivity contribution < 1.29 is 14.0 Å². The molecule has 1 N–H and O–H groups in total. The summed E-state index contributed by atoms with van der Waals surface area (Å²) in [5.74, 6) is -1.42. The first-order valence-electron chi connectivity index (χ1n) is 7.12. The Balaban J connectivity index is 1.82. The fourth-order valence-corrected chi connectivity index (χ4v) is 3.00. The van der Waals surface area contributed by atoms with Gasteiger partial charge in [0.1, 0.15) is 11.9 Å². The maximum Gasteiger partial charge on any atom is 0.256 e. The number of hydrogen-bond donors (Lipinski definition) is 1. The predicted octanol–water partition coefficient (Wildman–Crippen LogP) is 3.29. The number of carbonyl (C=O) groups excluding carboxylic acids is 2. The van der Waals surface area contributed by atoms with Crippen LogP contribution in [0.25, 0.3) is 0 Å². The molecule has 2 amide bonds. The second kappa shape index (κ2) is 6.42. The molecule has 118 valence electrons. The number of imide groups is 1. The van der Waals surface area contributed by atoms with E-state index in [1.807, 2.05) is 30.5 Å². The number of nitrogens with zero attached hydrogens (tertiary/aromatic N) is 1. The summed E-state index contributed by atoms with van der Waals surface area (Å²) in [5, 5.41) is 3.07. The average molecular weight is 330 g/mol. The molecule has 0 bridgehead atoms. The van der Waals surface area contributed by atoms with Gasteiger partial charge in [0, 0.05) is 10.6 Å². The standard InChI is InChI=1S/C17H15FN2O2S/c1-23-12-6-4-5-11(9-12)19-14-10-16(21)20(17(14)22)15-8-3-2-7-13(15)18/h2-9,14,19H,10H2,1H3/t14-/m0/s1. The van der Waals surface area contributed by atoms with Crippen LogP contribution in [0.3, 0.4) is 0 Å². The molecule has 1 heterocycles. The summed E-state index contributed by atoms with van der Waals surface area (Å²) in [6.07, 6.45) is 1.97. The number of para-hydroxylation sites is 1. The lowest BCUT2D eigenvalue weighted by Gasteiger charge is -2.16. The summed E-state index contributed by atoms with van der Waals surface area (Å²) in [7, 11) is 0. The molecule has 0 spiro atoms. The van der Waals surface area contributed by atoms with Gasteiger partial charge in [0.05, 0.1) is 12.1 Å². The van der Waals surface area contributed by atoms with Gasteiger partial charge >= 0.3 is 0 Å². The molecular formula is C17H15FN2O2S. The minimum Gasteiger partial charge on any atom is -0.373 e. The molecule has 3 rings (SSSR count). The van der Waals surface area contributed by atoms with Gasteiger partial charge in [-0.15, -0.1) is 11.8 Å². The molecule has 23 heavy (non-hydrogen) atoms. The summed E-state index contributed by atoms with van der Waals surface area (Å²) in [6.45, 7) is 0. The predicted molar refractivity (Wildman–Crippen MR) is 89.1 cm³/mol. The SMILES string of the molecule is CSc1cccc(N[C@H]2CC(=O)N(c3ccccc3F)C2=O)c1. The van der Waals surface area contributed by atoms with Crippen LogP contribution in [0.15, 0.2) is 53.4 Å². The lowest BCUT2D eigenvalue weighted by atomic mass is 10.2.